The number of unbranched alkanes of at least 4 members (excludes halogenated alkanes) is 16. The van der Waals surface area contributed by atoms with Gasteiger partial charge in [-0.2, -0.15) is 0 Å². The lowest BCUT2D eigenvalue weighted by atomic mass is 10.1. The van der Waals surface area contributed by atoms with Gasteiger partial charge < -0.3 is 14.2 Å². The van der Waals surface area contributed by atoms with Gasteiger partial charge in [-0.1, -0.05) is 213 Å². The van der Waals surface area contributed by atoms with Crippen LogP contribution in [-0.4, -0.2) is 37.2 Å². The van der Waals surface area contributed by atoms with E-state index >= 15 is 0 Å². The monoisotopic (exact) mass is 927 g/mol. The summed E-state index contributed by atoms with van der Waals surface area (Å²) in [6.07, 6.45) is 75.2. The Morgan fingerprint density at radius 1 is 0.313 bits per heavy atom. The Morgan fingerprint density at radius 2 is 0.582 bits per heavy atom. The molecule has 0 aliphatic rings. The molecule has 0 aromatic carbocycles. The number of carbonyl (C=O) groups is 3. The van der Waals surface area contributed by atoms with Crippen LogP contribution in [0.15, 0.2) is 122 Å². The number of ether oxygens (including phenoxy) is 3. The third kappa shape index (κ3) is 52.6. The average molecular weight is 927 g/mol. The van der Waals surface area contributed by atoms with E-state index in [1.54, 1.807) is 0 Å². The van der Waals surface area contributed by atoms with E-state index in [2.05, 4.69) is 142 Å². The molecule has 0 aromatic heterocycles. The van der Waals surface area contributed by atoms with Crippen molar-refractivity contribution in [1.82, 2.24) is 0 Å². The lowest BCUT2D eigenvalue weighted by Crippen LogP contribution is -2.30. The first-order chi connectivity index (χ1) is 33.0. The normalized spacial score (nSPS) is 13.1. The van der Waals surface area contributed by atoms with Crippen LogP contribution < -0.4 is 0 Å². The first kappa shape index (κ1) is 62.8. The van der Waals surface area contributed by atoms with Crippen LogP contribution in [0.25, 0.3) is 0 Å². The fourth-order valence-electron chi connectivity index (χ4n) is 6.90. The third-order valence-corrected chi connectivity index (χ3v) is 11.0. The highest BCUT2D eigenvalue weighted by Crippen LogP contribution is 2.12. The van der Waals surface area contributed by atoms with Crippen molar-refractivity contribution in [2.24, 2.45) is 0 Å². The molecule has 0 aromatic rings. The molecule has 0 fully saturated rings. The van der Waals surface area contributed by atoms with Crippen LogP contribution in [-0.2, 0) is 28.6 Å². The first-order valence-corrected chi connectivity index (χ1v) is 27.0. The number of allylic oxidation sites excluding steroid dienone is 20. The predicted molar refractivity (Wildman–Crippen MR) is 288 cm³/mol. The fourth-order valence-corrected chi connectivity index (χ4v) is 6.90. The summed E-state index contributed by atoms with van der Waals surface area (Å²) in [6.45, 7) is 6.37. The summed E-state index contributed by atoms with van der Waals surface area (Å²) in [5.74, 6) is -0.960. The van der Waals surface area contributed by atoms with Crippen molar-refractivity contribution >= 4 is 17.9 Å². The van der Waals surface area contributed by atoms with Crippen molar-refractivity contribution in [2.75, 3.05) is 13.2 Å². The highest BCUT2D eigenvalue weighted by molar-refractivity contribution is 5.71. The maximum atomic E-state index is 12.7. The number of rotatable bonds is 47. The topological polar surface area (TPSA) is 78.9 Å². The Balaban J connectivity index is 4.19. The Morgan fingerprint density at radius 3 is 0.955 bits per heavy atom. The third-order valence-electron chi connectivity index (χ3n) is 11.0. The number of carbonyl (C=O) groups excluding carboxylic acids is 3. The number of hydrogen-bond donors (Lipinski definition) is 0. The Labute approximate surface area is 412 Å². The van der Waals surface area contributed by atoms with Crippen LogP contribution in [0, 0.1) is 0 Å². The molecule has 0 N–H and O–H groups in total. The van der Waals surface area contributed by atoms with Crippen molar-refractivity contribution < 1.29 is 28.6 Å². The summed E-state index contributed by atoms with van der Waals surface area (Å²) < 4.78 is 16.6. The van der Waals surface area contributed by atoms with Gasteiger partial charge in [0.25, 0.3) is 0 Å². The minimum atomic E-state index is -0.794. The van der Waals surface area contributed by atoms with Crippen molar-refractivity contribution in [1.29, 1.82) is 0 Å². The second-order valence-corrected chi connectivity index (χ2v) is 17.4. The fraction of sp³-hybridized carbons (Fsp3) is 0.623. The van der Waals surface area contributed by atoms with Crippen LogP contribution >= 0.6 is 0 Å². The standard InChI is InChI=1S/C61H98O6/c1-4-7-10-13-15-17-19-21-22-23-24-25-26-27-28-29-30-31-32-33-34-35-36-37-38-40-41-43-45-48-51-54-60(63)66-57-58(56-65-59(62)53-50-47-12-9-6-3)67-61(64)55-52-49-46-44-42-39-20-18-16-14-11-8-5-2/h7,10,15,17-18,20-22,24-25,27-28,30-31,33-34,36-37,40-41,58H,4-6,8-9,11-14,16,19,23,26,29,32,35,38-39,42-57H2,1-3H3/b10-7-,17-15-,20-18-,22-21-,25-24-,28-27-,31-30-,34-33-,37-36-,41-40-. The molecule has 1 unspecified atom stereocenters. The summed E-state index contributed by atoms with van der Waals surface area (Å²) in [4.78, 5) is 37.6. The summed E-state index contributed by atoms with van der Waals surface area (Å²) in [5, 5.41) is 0. The first-order valence-electron chi connectivity index (χ1n) is 27.0. The van der Waals surface area contributed by atoms with Crippen molar-refractivity contribution in [2.45, 2.75) is 232 Å². The highest BCUT2D eigenvalue weighted by atomic mass is 16.6. The molecule has 67 heavy (non-hydrogen) atoms. The van der Waals surface area contributed by atoms with Crippen molar-refractivity contribution in [3.05, 3.63) is 122 Å². The van der Waals surface area contributed by atoms with Crippen LogP contribution in [0.3, 0.4) is 0 Å². The van der Waals surface area contributed by atoms with Gasteiger partial charge in [-0.25, -0.2) is 0 Å². The Hall–Kier alpha value is -4.19. The van der Waals surface area contributed by atoms with Gasteiger partial charge in [0, 0.05) is 19.3 Å². The van der Waals surface area contributed by atoms with Gasteiger partial charge in [0.1, 0.15) is 13.2 Å². The van der Waals surface area contributed by atoms with Gasteiger partial charge in [0.2, 0.25) is 0 Å². The molecule has 0 heterocycles. The van der Waals surface area contributed by atoms with E-state index in [9.17, 15) is 14.4 Å². The van der Waals surface area contributed by atoms with E-state index in [0.29, 0.717) is 19.3 Å². The van der Waals surface area contributed by atoms with Gasteiger partial charge in [0.15, 0.2) is 6.10 Å². The Kier molecular flexibility index (Phi) is 51.0. The SMILES string of the molecule is CC/C=C\C/C=C\C/C=C\C/C=C\C/C=C\C/C=C\C/C=C\C/C=C\C/C=C\CCCCCC(=O)OCC(COC(=O)CCCCCCC)OC(=O)CCCCCCC/C=C\CCCCCC. The molecule has 0 spiro atoms. The quantitative estimate of drug-likeness (QED) is 0.0262. The molecule has 1 atom stereocenters. The molecule has 0 saturated carbocycles. The van der Waals surface area contributed by atoms with E-state index in [1.807, 2.05) is 0 Å². The zero-order valence-corrected chi connectivity index (χ0v) is 43.1. The lowest BCUT2D eigenvalue weighted by molar-refractivity contribution is -0.167. The van der Waals surface area contributed by atoms with E-state index < -0.39 is 6.10 Å². The summed E-state index contributed by atoms with van der Waals surface area (Å²) in [6, 6.07) is 0. The average Bonchev–Trinajstić information content (AvgIpc) is 3.33. The Bertz CT molecular complexity index is 1440. The largest absolute Gasteiger partial charge is 0.462 e. The van der Waals surface area contributed by atoms with Crippen LogP contribution in [0.4, 0.5) is 0 Å². The predicted octanol–water partition coefficient (Wildman–Crippen LogP) is 18.1. The van der Waals surface area contributed by atoms with Gasteiger partial charge in [-0.15, -0.1) is 0 Å². The molecule has 6 heteroatoms. The summed E-state index contributed by atoms with van der Waals surface area (Å²) >= 11 is 0. The molecule has 0 radical (unpaired) electrons. The summed E-state index contributed by atoms with van der Waals surface area (Å²) in [5.41, 5.74) is 0. The van der Waals surface area contributed by atoms with Gasteiger partial charge in [0.05, 0.1) is 0 Å². The van der Waals surface area contributed by atoms with Crippen molar-refractivity contribution in [3.8, 4) is 0 Å². The molecule has 0 amide bonds. The molecule has 0 aliphatic carbocycles. The molecule has 378 valence electrons. The molecular weight excluding hydrogens is 829 g/mol. The highest BCUT2D eigenvalue weighted by Gasteiger charge is 2.19. The molecule has 0 aliphatic heterocycles. The molecular formula is C61H98O6. The zero-order valence-electron chi connectivity index (χ0n) is 43.1. The van der Waals surface area contributed by atoms with E-state index in [4.69, 9.17) is 14.2 Å². The van der Waals surface area contributed by atoms with E-state index in [-0.39, 0.29) is 31.1 Å². The minimum absolute atomic E-state index is 0.0950. The maximum Gasteiger partial charge on any atom is 0.306 e. The van der Waals surface area contributed by atoms with Crippen LogP contribution in [0.1, 0.15) is 226 Å². The van der Waals surface area contributed by atoms with E-state index in [1.165, 1.54) is 38.5 Å². The van der Waals surface area contributed by atoms with Crippen LogP contribution in [0.2, 0.25) is 0 Å². The minimum Gasteiger partial charge on any atom is -0.462 e. The van der Waals surface area contributed by atoms with Gasteiger partial charge in [-0.3, -0.25) is 14.4 Å². The zero-order chi connectivity index (χ0) is 48.6. The number of esters is 3. The van der Waals surface area contributed by atoms with E-state index in [0.717, 1.165) is 148 Å². The number of hydrogen-bond acceptors (Lipinski definition) is 6. The molecule has 0 bridgehead atoms. The molecule has 0 rings (SSSR count). The second kappa shape index (κ2) is 54.4. The summed E-state index contributed by atoms with van der Waals surface area (Å²) in [7, 11) is 0. The smallest absolute Gasteiger partial charge is 0.306 e. The second-order valence-electron chi connectivity index (χ2n) is 17.4. The van der Waals surface area contributed by atoms with Gasteiger partial charge >= 0.3 is 17.9 Å². The lowest BCUT2D eigenvalue weighted by Gasteiger charge is -2.18. The van der Waals surface area contributed by atoms with Crippen LogP contribution in [0.5, 0.6) is 0 Å². The molecule has 0 saturated heterocycles. The molecule has 6 nitrogen and oxygen atoms in total. The van der Waals surface area contributed by atoms with Gasteiger partial charge in [-0.05, 0) is 116 Å². The van der Waals surface area contributed by atoms with Crippen molar-refractivity contribution in [3.63, 3.8) is 0 Å². The maximum absolute atomic E-state index is 12.7.